The van der Waals surface area contributed by atoms with Gasteiger partial charge in [-0.15, -0.1) is 4.91 Å². The zero-order valence-electron chi connectivity index (χ0n) is 6.74. The Morgan fingerprint density at radius 3 is 2.86 bits per heavy atom. The Labute approximate surface area is 77.3 Å². The lowest BCUT2D eigenvalue weighted by Crippen LogP contribution is -2.32. The lowest BCUT2D eigenvalue weighted by Gasteiger charge is -2.15. The quantitative estimate of drug-likeness (QED) is 0.295. The van der Waals surface area contributed by atoms with Gasteiger partial charge in [0.1, 0.15) is 6.10 Å². The van der Waals surface area contributed by atoms with Crippen molar-refractivity contribution in [1.29, 1.82) is 0 Å². The molecule has 1 aliphatic heterocycles. The van der Waals surface area contributed by atoms with Crippen molar-refractivity contribution in [1.82, 2.24) is 0 Å². The van der Waals surface area contributed by atoms with E-state index in [2.05, 4.69) is 9.57 Å². The summed E-state index contributed by atoms with van der Waals surface area (Å²) in [6, 6.07) is 0. The topological polar surface area (TPSA) is 128 Å². The Hall–Kier alpha value is -1.67. The molecule has 0 saturated carbocycles. The van der Waals surface area contributed by atoms with Crippen LogP contribution in [0.4, 0.5) is 0 Å². The number of hydrogen-bond donors (Lipinski definition) is 2. The molecule has 0 spiro atoms. The Morgan fingerprint density at radius 1 is 1.71 bits per heavy atom. The summed E-state index contributed by atoms with van der Waals surface area (Å²) in [6.07, 6.45) is -3.00. The van der Waals surface area contributed by atoms with E-state index in [-0.39, 0.29) is 0 Å². The third kappa shape index (κ3) is 1.65. The van der Waals surface area contributed by atoms with Gasteiger partial charge in [0.05, 0.1) is 6.61 Å². The molecule has 1 heterocycles. The van der Waals surface area contributed by atoms with Crippen LogP contribution >= 0.6 is 0 Å². The minimum atomic E-state index is -1.53. The van der Waals surface area contributed by atoms with Crippen molar-refractivity contribution >= 4 is 5.97 Å². The van der Waals surface area contributed by atoms with Crippen LogP contribution in [0.5, 0.6) is 0 Å². The molecule has 0 aromatic rings. The highest BCUT2D eigenvalue weighted by Gasteiger charge is 2.36. The molecule has 0 amide bonds. The monoisotopic (exact) mass is 204 g/mol. The third-order valence-electron chi connectivity index (χ3n) is 1.57. The van der Waals surface area contributed by atoms with Crippen LogP contribution < -0.4 is 5.11 Å². The molecule has 0 bridgehead atoms. The van der Waals surface area contributed by atoms with Gasteiger partial charge in [-0.2, -0.15) is 0 Å². The molecular formula is C6H6NO7-. The van der Waals surface area contributed by atoms with Gasteiger partial charge in [0, 0.05) is 5.76 Å². The van der Waals surface area contributed by atoms with Gasteiger partial charge in [-0.25, -0.2) is 4.79 Å². The molecule has 78 valence electrons. The van der Waals surface area contributed by atoms with Crippen LogP contribution in [0.25, 0.3) is 0 Å². The summed E-state index contributed by atoms with van der Waals surface area (Å²) in [5.41, 5.74) is 0. The van der Waals surface area contributed by atoms with E-state index >= 15 is 0 Å². The largest absolute Gasteiger partial charge is 0.865 e. The maximum atomic E-state index is 10.9. The zero-order valence-corrected chi connectivity index (χ0v) is 6.74. The fraction of sp³-hybridized carbons (Fsp3) is 0.500. The van der Waals surface area contributed by atoms with E-state index in [1.54, 1.807) is 0 Å². The summed E-state index contributed by atoms with van der Waals surface area (Å²) >= 11 is 0. The van der Waals surface area contributed by atoms with Crippen molar-refractivity contribution in [3.05, 3.63) is 16.4 Å². The molecule has 2 N–H and O–H groups in total. The number of rotatable bonds is 4. The van der Waals surface area contributed by atoms with Gasteiger partial charge in [-0.1, -0.05) is 0 Å². The number of aliphatic hydroxyl groups excluding tert-OH is 2. The number of aliphatic hydroxyl groups is 2. The zero-order chi connectivity index (χ0) is 10.7. The molecule has 2 atom stereocenters. The van der Waals surface area contributed by atoms with Gasteiger partial charge >= 0.3 is 5.97 Å². The predicted octanol–water partition coefficient (Wildman–Crippen LogP) is -2.47. The fourth-order valence-electron chi connectivity index (χ4n) is 0.935. The summed E-state index contributed by atoms with van der Waals surface area (Å²) in [7, 11) is 0. The lowest BCUT2D eigenvalue weighted by atomic mass is 10.2. The number of hydrogen-bond acceptors (Lipinski definition) is 8. The second-order valence-electron chi connectivity index (χ2n) is 2.44. The highest BCUT2D eigenvalue weighted by Crippen LogP contribution is 2.23. The Kier molecular flexibility index (Phi) is 2.99. The Bertz CT molecular complexity index is 286. The SMILES string of the molecule is O=NOC1=C([O-])C(=O)OC1C(O)CO. The Balaban J connectivity index is 2.89. The molecule has 0 fully saturated rings. The van der Waals surface area contributed by atoms with Gasteiger partial charge in [0.25, 0.3) is 0 Å². The molecule has 0 saturated heterocycles. The number of carbonyl (C=O) groups is 1. The molecule has 0 aliphatic carbocycles. The first-order chi connectivity index (χ1) is 6.61. The number of esters is 1. The van der Waals surface area contributed by atoms with Crippen LogP contribution in [-0.4, -0.2) is 35.0 Å². The standard InChI is InChI=1S/C6H7NO7/c8-1-2(9)4-5(14-7-12)3(10)6(11)13-4/h2,4,8-10H,1H2/p-1. The number of cyclic esters (lactones) is 1. The lowest BCUT2D eigenvalue weighted by molar-refractivity contribution is -0.303. The second kappa shape index (κ2) is 4.03. The molecule has 1 aliphatic rings. The molecule has 0 radical (unpaired) electrons. The minimum absolute atomic E-state index is 0.716. The van der Waals surface area contributed by atoms with Crippen molar-refractivity contribution in [3.63, 3.8) is 0 Å². The van der Waals surface area contributed by atoms with Crippen LogP contribution in [0.3, 0.4) is 0 Å². The molecule has 1 rings (SSSR count). The molecular weight excluding hydrogens is 198 g/mol. The molecule has 2 unspecified atom stereocenters. The molecule has 0 aromatic carbocycles. The molecule has 8 heteroatoms. The first-order valence-electron chi connectivity index (χ1n) is 3.52. The van der Waals surface area contributed by atoms with E-state index in [4.69, 9.17) is 10.2 Å². The van der Waals surface area contributed by atoms with Crippen LogP contribution in [0.2, 0.25) is 0 Å². The van der Waals surface area contributed by atoms with Crippen molar-refractivity contribution in [2.24, 2.45) is 5.34 Å². The summed E-state index contributed by atoms with van der Waals surface area (Å²) in [4.78, 5) is 24.3. The van der Waals surface area contributed by atoms with E-state index in [0.29, 0.717) is 0 Å². The van der Waals surface area contributed by atoms with Crippen LogP contribution in [0, 0.1) is 4.91 Å². The number of carbonyl (C=O) groups excluding carboxylic acids is 1. The number of nitrogens with zero attached hydrogens (tertiary/aromatic N) is 1. The van der Waals surface area contributed by atoms with Gasteiger partial charge < -0.3 is 24.9 Å². The summed E-state index contributed by atoms with van der Waals surface area (Å²) in [5, 5.41) is 30.4. The average molecular weight is 204 g/mol. The molecule has 8 nitrogen and oxygen atoms in total. The van der Waals surface area contributed by atoms with E-state index in [1.165, 1.54) is 0 Å². The first-order valence-corrected chi connectivity index (χ1v) is 3.52. The average Bonchev–Trinajstić information content (AvgIpc) is 2.45. The van der Waals surface area contributed by atoms with Gasteiger partial charge in [-0.3, -0.25) is 0 Å². The van der Waals surface area contributed by atoms with Gasteiger partial charge in [0.15, 0.2) is 17.2 Å². The maximum absolute atomic E-state index is 10.9. The van der Waals surface area contributed by atoms with Gasteiger partial charge in [-0.05, 0) is 0 Å². The van der Waals surface area contributed by atoms with Crippen molar-refractivity contribution in [2.75, 3.05) is 6.61 Å². The molecule has 0 aromatic heterocycles. The highest BCUT2D eigenvalue weighted by atomic mass is 16.7. The van der Waals surface area contributed by atoms with Gasteiger partial charge in [0.2, 0.25) is 0 Å². The normalized spacial score (nSPS) is 23.3. The van der Waals surface area contributed by atoms with Crippen LogP contribution in [0.1, 0.15) is 0 Å². The van der Waals surface area contributed by atoms with Crippen LogP contribution in [0.15, 0.2) is 16.9 Å². The number of ether oxygens (including phenoxy) is 1. The van der Waals surface area contributed by atoms with Crippen molar-refractivity contribution in [3.8, 4) is 0 Å². The Morgan fingerprint density at radius 2 is 2.36 bits per heavy atom. The van der Waals surface area contributed by atoms with Crippen molar-refractivity contribution in [2.45, 2.75) is 12.2 Å². The highest BCUT2D eigenvalue weighted by molar-refractivity contribution is 5.88. The van der Waals surface area contributed by atoms with E-state index in [9.17, 15) is 14.8 Å². The molecule has 14 heavy (non-hydrogen) atoms. The summed E-state index contributed by atoms with van der Waals surface area (Å²) < 4.78 is 4.33. The van der Waals surface area contributed by atoms with Crippen LogP contribution in [-0.2, 0) is 14.4 Å². The summed E-state index contributed by atoms with van der Waals surface area (Å²) in [5.74, 6) is -3.17. The van der Waals surface area contributed by atoms with E-state index < -0.39 is 36.3 Å². The minimum Gasteiger partial charge on any atom is -0.865 e. The predicted molar refractivity (Wildman–Crippen MR) is 36.9 cm³/mol. The fourth-order valence-corrected chi connectivity index (χ4v) is 0.935. The maximum Gasteiger partial charge on any atom is 0.327 e. The smallest absolute Gasteiger partial charge is 0.327 e. The second-order valence-corrected chi connectivity index (χ2v) is 2.44. The van der Waals surface area contributed by atoms with E-state index in [0.717, 1.165) is 0 Å². The first kappa shape index (κ1) is 10.4. The van der Waals surface area contributed by atoms with E-state index in [1.807, 2.05) is 5.34 Å². The third-order valence-corrected chi connectivity index (χ3v) is 1.57. The van der Waals surface area contributed by atoms with Crippen molar-refractivity contribution < 1.29 is 29.7 Å². The summed E-state index contributed by atoms with van der Waals surface area (Å²) in [6.45, 7) is -0.753.